The molecule has 1 aromatic carbocycles. The van der Waals surface area contributed by atoms with Crippen molar-refractivity contribution in [2.24, 2.45) is 5.92 Å². The predicted molar refractivity (Wildman–Crippen MR) is 89.9 cm³/mol. The predicted octanol–water partition coefficient (Wildman–Crippen LogP) is 2.85. The lowest BCUT2D eigenvalue weighted by Gasteiger charge is -2.26. The number of hydrogen-bond donors (Lipinski definition) is 1. The van der Waals surface area contributed by atoms with E-state index in [0.29, 0.717) is 13.2 Å². The maximum Gasteiger partial charge on any atom is 0.224 e. The van der Waals surface area contributed by atoms with E-state index in [4.69, 9.17) is 4.74 Å². The van der Waals surface area contributed by atoms with Gasteiger partial charge in [0.1, 0.15) is 5.75 Å². The van der Waals surface area contributed by atoms with Gasteiger partial charge in [-0.15, -0.1) is 11.3 Å². The fraction of sp³-hybridized carbons (Fsp3) is 0.444. The first-order valence-electron chi connectivity index (χ1n) is 8.10. The number of benzene rings is 1. The number of thiazole rings is 1. The first-order chi connectivity index (χ1) is 11.2. The SMILES string of the molecule is Cc1cnc(CCNC(=O)[C@H]2C[C@]23CCOc2ccccc23)s1. The number of carbonyl (C=O) groups excluding carboxylic acids is 1. The highest BCUT2D eigenvalue weighted by Gasteiger charge is 2.60. The van der Waals surface area contributed by atoms with E-state index in [9.17, 15) is 4.79 Å². The molecule has 2 aliphatic rings. The smallest absolute Gasteiger partial charge is 0.224 e. The van der Waals surface area contributed by atoms with E-state index in [1.807, 2.05) is 24.4 Å². The third-order valence-corrected chi connectivity index (χ3v) is 5.90. The number of fused-ring (bicyclic) bond motifs is 2. The molecule has 1 fully saturated rings. The molecule has 4 nitrogen and oxygen atoms in total. The number of aromatic nitrogens is 1. The third kappa shape index (κ3) is 2.63. The second kappa shape index (κ2) is 5.64. The van der Waals surface area contributed by atoms with Gasteiger partial charge >= 0.3 is 0 Å². The van der Waals surface area contributed by atoms with Crippen LogP contribution >= 0.6 is 11.3 Å². The number of rotatable bonds is 4. The van der Waals surface area contributed by atoms with E-state index >= 15 is 0 Å². The Balaban J connectivity index is 1.38. The molecule has 1 aromatic heterocycles. The highest BCUT2D eigenvalue weighted by molar-refractivity contribution is 7.11. The van der Waals surface area contributed by atoms with Gasteiger partial charge in [0.2, 0.25) is 5.91 Å². The summed E-state index contributed by atoms with van der Waals surface area (Å²) in [5.74, 6) is 1.22. The second-order valence-electron chi connectivity index (χ2n) is 6.41. The van der Waals surface area contributed by atoms with Gasteiger partial charge in [-0.05, 0) is 25.8 Å². The first-order valence-corrected chi connectivity index (χ1v) is 8.92. The number of nitrogens with zero attached hydrogens (tertiary/aromatic N) is 1. The van der Waals surface area contributed by atoms with Crippen LogP contribution < -0.4 is 10.1 Å². The Morgan fingerprint density at radius 1 is 1.48 bits per heavy atom. The third-order valence-electron chi connectivity index (χ3n) is 4.93. The van der Waals surface area contributed by atoms with Crippen molar-refractivity contribution in [3.8, 4) is 5.75 Å². The van der Waals surface area contributed by atoms with Crippen molar-refractivity contribution in [2.75, 3.05) is 13.2 Å². The second-order valence-corrected chi connectivity index (χ2v) is 7.73. The summed E-state index contributed by atoms with van der Waals surface area (Å²) in [6.07, 6.45) is 4.57. The van der Waals surface area contributed by atoms with Crippen LogP contribution in [0.4, 0.5) is 0 Å². The normalized spacial score (nSPS) is 24.8. The molecule has 2 atom stereocenters. The Morgan fingerprint density at radius 2 is 2.35 bits per heavy atom. The molecule has 2 aromatic rings. The van der Waals surface area contributed by atoms with Crippen molar-refractivity contribution in [3.05, 3.63) is 45.9 Å². The van der Waals surface area contributed by atoms with Crippen LogP contribution in [0.3, 0.4) is 0 Å². The van der Waals surface area contributed by atoms with Crippen LogP contribution in [0.15, 0.2) is 30.5 Å². The Kier molecular flexibility index (Phi) is 3.60. The van der Waals surface area contributed by atoms with Crippen molar-refractivity contribution in [1.82, 2.24) is 10.3 Å². The monoisotopic (exact) mass is 328 g/mol. The van der Waals surface area contributed by atoms with Gasteiger partial charge in [0.15, 0.2) is 0 Å². The highest BCUT2D eigenvalue weighted by atomic mass is 32.1. The fourth-order valence-electron chi connectivity index (χ4n) is 3.64. The van der Waals surface area contributed by atoms with Crippen molar-refractivity contribution < 1.29 is 9.53 Å². The van der Waals surface area contributed by atoms with Crippen LogP contribution in [-0.4, -0.2) is 24.0 Å². The van der Waals surface area contributed by atoms with Gasteiger partial charge in [-0.3, -0.25) is 4.79 Å². The molecular formula is C18H20N2O2S. The van der Waals surface area contributed by atoms with Crippen LogP contribution in [0.2, 0.25) is 0 Å². The molecule has 0 bridgehead atoms. The number of carbonyl (C=O) groups is 1. The van der Waals surface area contributed by atoms with Crippen LogP contribution in [0, 0.1) is 12.8 Å². The van der Waals surface area contributed by atoms with E-state index in [1.54, 1.807) is 11.3 Å². The van der Waals surface area contributed by atoms with E-state index < -0.39 is 0 Å². The molecule has 0 radical (unpaired) electrons. The van der Waals surface area contributed by atoms with Crippen LogP contribution in [0.1, 0.15) is 28.3 Å². The highest BCUT2D eigenvalue weighted by Crippen LogP contribution is 2.60. The molecule has 120 valence electrons. The molecule has 5 heteroatoms. The Morgan fingerprint density at radius 3 is 3.17 bits per heavy atom. The number of amides is 1. The average molecular weight is 328 g/mol. The van der Waals surface area contributed by atoms with Crippen molar-refractivity contribution in [3.63, 3.8) is 0 Å². The maximum absolute atomic E-state index is 12.5. The average Bonchev–Trinajstić information content (AvgIpc) is 3.12. The zero-order valence-electron chi connectivity index (χ0n) is 13.2. The van der Waals surface area contributed by atoms with Crippen molar-refractivity contribution in [2.45, 2.75) is 31.6 Å². The van der Waals surface area contributed by atoms with Crippen LogP contribution in [0.5, 0.6) is 5.75 Å². The molecule has 1 N–H and O–H groups in total. The van der Waals surface area contributed by atoms with E-state index in [-0.39, 0.29) is 17.2 Å². The minimum absolute atomic E-state index is 0.0106. The molecule has 1 spiro atoms. The fourth-order valence-corrected chi connectivity index (χ4v) is 4.42. The van der Waals surface area contributed by atoms with Gasteiger partial charge in [0.05, 0.1) is 11.6 Å². The van der Waals surface area contributed by atoms with E-state index in [1.165, 1.54) is 10.4 Å². The van der Waals surface area contributed by atoms with Gasteiger partial charge in [-0.1, -0.05) is 18.2 Å². The van der Waals surface area contributed by atoms with Crippen molar-refractivity contribution >= 4 is 17.2 Å². The molecule has 1 amide bonds. The number of nitrogens with one attached hydrogen (secondary N) is 1. The number of hydrogen-bond acceptors (Lipinski definition) is 4. The summed E-state index contributed by atoms with van der Waals surface area (Å²) in [4.78, 5) is 18.1. The number of aryl methyl sites for hydroxylation is 1. The Labute approximate surface area is 139 Å². The van der Waals surface area contributed by atoms with Crippen molar-refractivity contribution in [1.29, 1.82) is 0 Å². The lowest BCUT2D eigenvalue weighted by Crippen LogP contribution is -2.32. The number of para-hydroxylation sites is 1. The molecule has 1 aliphatic heterocycles. The van der Waals surface area contributed by atoms with Gasteiger partial charge in [0, 0.05) is 40.9 Å². The topological polar surface area (TPSA) is 51.2 Å². The number of ether oxygens (including phenoxy) is 1. The molecule has 4 rings (SSSR count). The van der Waals surface area contributed by atoms with E-state index in [2.05, 4.69) is 23.3 Å². The first kappa shape index (κ1) is 14.7. The molecule has 1 saturated carbocycles. The van der Waals surface area contributed by atoms with Gasteiger partial charge in [0.25, 0.3) is 0 Å². The Hall–Kier alpha value is -1.88. The minimum atomic E-state index is 0.0106. The molecule has 0 saturated heterocycles. The summed E-state index contributed by atoms with van der Waals surface area (Å²) in [5.41, 5.74) is 1.22. The summed E-state index contributed by atoms with van der Waals surface area (Å²) in [6, 6.07) is 8.15. The molecule has 2 heterocycles. The lowest BCUT2D eigenvalue weighted by atomic mass is 9.87. The molecule has 1 aliphatic carbocycles. The zero-order valence-corrected chi connectivity index (χ0v) is 14.0. The summed E-state index contributed by atoms with van der Waals surface area (Å²) < 4.78 is 5.73. The largest absolute Gasteiger partial charge is 0.493 e. The summed E-state index contributed by atoms with van der Waals surface area (Å²) in [7, 11) is 0. The quantitative estimate of drug-likeness (QED) is 0.939. The van der Waals surface area contributed by atoms with E-state index in [0.717, 1.165) is 30.0 Å². The zero-order chi connectivity index (χ0) is 15.9. The van der Waals surface area contributed by atoms with Crippen LogP contribution in [-0.2, 0) is 16.6 Å². The maximum atomic E-state index is 12.5. The summed E-state index contributed by atoms with van der Waals surface area (Å²) in [5, 5.41) is 4.18. The molecule has 0 unspecified atom stereocenters. The van der Waals surface area contributed by atoms with Gasteiger partial charge < -0.3 is 10.1 Å². The molecular weight excluding hydrogens is 308 g/mol. The lowest BCUT2D eigenvalue weighted by molar-refractivity contribution is -0.122. The standard InChI is InChI=1S/C18H20N2O2S/c1-12-11-20-16(23-12)6-8-19-17(21)14-10-18(14)7-9-22-15-5-3-2-4-13(15)18/h2-5,11,14H,6-10H2,1H3,(H,19,21)/t14-,18+/m1/s1. The van der Waals surface area contributed by atoms with Gasteiger partial charge in [-0.2, -0.15) is 0 Å². The van der Waals surface area contributed by atoms with Gasteiger partial charge in [-0.25, -0.2) is 4.98 Å². The minimum Gasteiger partial charge on any atom is -0.493 e. The molecule has 23 heavy (non-hydrogen) atoms. The van der Waals surface area contributed by atoms with Crippen LogP contribution in [0.25, 0.3) is 0 Å². The summed E-state index contributed by atoms with van der Waals surface area (Å²) in [6.45, 7) is 3.42. The summed E-state index contributed by atoms with van der Waals surface area (Å²) >= 11 is 1.70. The Bertz CT molecular complexity index is 742.